The Morgan fingerprint density at radius 1 is 1.20 bits per heavy atom. The number of hydrogen-bond donors (Lipinski definition) is 2. The second-order valence-corrected chi connectivity index (χ2v) is 8.99. The van der Waals surface area contributed by atoms with E-state index in [-0.39, 0.29) is 16.5 Å². The fraction of sp³-hybridized carbons (Fsp3) is 0.238. The lowest BCUT2D eigenvalue weighted by atomic mass is 10.0. The molecular formula is C21H21FN4O3S. The number of sulfonamides is 1. The van der Waals surface area contributed by atoms with Crippen molar-refractivity contribution in [1.82, 2.24) is 19.6 Å². The van der Waals surface area contributed by atoms with Crippen LogP contribution in [-0.2, 0) is 17.1 Å². The summed E-state index contributed by atoms with van der Waals surface area (Å²) in [6, 6.07) is 11.0. The molecule has 7 nitrogen and oxygen atoms in total. The van der Waals surface area contributed by atoms with E-state index in [4.69, 9.17) is 0 Å². The number of imidazole rings is 1. The number of nitrogens with one attached hydrogen (secondary N) is 2. The zero-order chi connectivity index (χ0) is 21.3. The maximum atomic E-state index is 13.8. The van der Waals surface area contributed by atoms with Gasteiger partial charge in [-0.15, -0.1) is 0 Å². The quantitative estimate of drug-likeness (QED) is 0.605. The van der Waals surface area contributed by atoms with E-state index in [9.17, 15) is 17.6 Å². The first-order valence-electron chi connectivity index (χ1n) is 9.49. The minimum Gasteiger partial charge on any atom is -0.338 e. The summed E-state index contributed by atoms with van der Waals surface area (Å²) in [6.45, 7) is 0. The largest absolute Gasteiger partial charge is 0.338 e. The molecule has 1 aliphatic rings. The first-order chi connectivity index (χ1) is 14.3. The van der Waals surface area contributed by atoms with Crippen LogP contribution in [0, 0.1) is 5.82 Å². The van der Waals surface area contributed by atoms with Gasteiger partial charge in [0.05, 0.1) is 4.90 Å². The van der Waals surface area contributed by atoms with Gasteiger partial charge in [-0.3, -0.25) is 4.79 Å². The molecule has 1 aromatic heterocycles. The second-order valence-electron chi connectivity index (χ2n) is 7.28. The molecule has 2 aromatic carbocycles. The molecule has 0 aliphatic heterocycles. The Morgan fingerprint density at radius 2 is 1.93 bits per heavy atom. The van der Waals surface area contributed by atoms with E-state index >= 15 is 0 Å². The first kappa shape index (κ1) is 20.2. The fourth-order valence-corrected chi connectivity index (χ4v) is 4.43. The van der Waals surface area contributed by atoms with Crippen molar-refractivity contribution in [1.29, 1.82) is 0 Å². The Bertz CT molecular complexity index is 1170. The van der Waals surface area contributed by atoms with Gasteiger partial charge in [-0.05, 0) is 54.8 Å². The van der Waals surface area contributed by atoms with Gasteiger partial charge in [0.25, 0.3) is 5.91 Å². The monoisotopic (exact) mass is 428 g/mol. The molecule has 1 saturated carbocycles. The summed E-state index contributed by atoms with van der Waals surface area (Å²) < 4.78 is 42.7. The summed E-state index contributed by atoms with van der Waals surface area (Å²) in [7, 11) is -1.80. The molecule has 1 atom stereocenters. The highest BCUT2D eigenvalue weighted by molar-refractivity contribution is 7.89. The summed E-state index contributed by atoms with van der Waals surface area (Å²) in [5.74, 6) is -0.299. The highest BCUT2D eigenvalue weighted by Gasteiger charge is 2.28. The van der Waals surface area contributed by atoms with Crippen molar-refractivity contribution in [3.63, 3.8) is 0 Å². The van der Waals surface area contributed by atoms with Gasteiger partial charge in [-0.25, -0.2) is 22.5 Å². The van der Waals surface area contributed by atoms with Crippen molar-refractivity contribution in [3.05, 3.63) is 83.7 Å². The van der Waals surface area contributed by atoms with E-state index in [0.29, 0.717) is 11.4 Å². The average molecular weight is 428 g/mol. The summed E-state index contributed by atoms with van der Waals surface area (Å²) >= 11 is 0. The van der Waals surface area contributed by atoms with Gasteiger partial charge >= 0.3 is 0 Å². The molecule has 0 spiro atoms. The third-order valence-corrected chi connectivity index (χ3v) is 6.44. The molecule has 156 valence electrons. The van der Waals surface area contributed by atoms with Crippen LogP contribution in [-0.4, -0.2) is 29.9 Å². The molecule has 1 amide bonds. The molecule has 4 rings (SSSR count). The lowest BCUT2D eigenvalue weighted by Gasteiger charge is -2.19. The lowest BCUT2D eigenvalue weighted by Crippen LogP contribution is -2.31. The molecule has 1 unspecified atom stereocenters. The van der Waals surface area contributed by atoms with Gasteiger partial charge in [0.2, 0.25) is 10.0 Å². The maximum Gasteiger partial charge on any atom is 0.252 e. The second kappa shape index (κ2) is 8.00. The molecule has 2 N–H and O–H groups in total. The van der Waals surface area contributed by atoms with Crippen LogP contribution >= 0.6 is 0 Å². The van der Waals surface area contributed by atoms with Crippen molar-refractivity contribution in [3.8, 4) is 0 Å². The predicted octanol–water partition coefficient (Wildman–Crippen LogP) is 2.52. The van der Waals surface area contributed by atoms with Crippen LogP contribution in [0.5, 0.6) is 0 Å². The number of benzene rings is 2. The van der Waals surface area contributed by atoms with E-state index in [1.165, 1.54) is 36.4 Å². The SMILES string of the molecule is Cn1ccnc1C(NC(=O)c1ccc(S(=O)(=O)NC2CC2)cc1)c1cccc(F)c1. The Morgan fingerprint density at radius 3 is 2.53 bits per heavy atom. The highest BCUT2D eigenvalue weighted by Crippen LogP contribution is 2.24. The Balaban J connectivity index is 1.57. The van der Waals surface area contributed by atoms with Gasteiger partial charge in [-0.1, -0.05) is 12.1 Å². The van der Waals surface area contributed by atoms with Crippen molar-refractivity contribution < 1.29 is 17.6 Å². The Kier molecular flexibility index (Phi) is 5.40. The van der Waals surface area contributed by atoms with Crippen LogP contribution in [0.15, 0.2) is 65.8 Å². The minimum atomic E-state index is -3.59. The molecule has 3 aromatic rings. The van der Waals surface area contributed by atoms with E-state index in [1.807, 2.05) is 0 Å². The Labute approximate surface area is 174 Å². The summed E-state index contributed by atoms with van der Waals surface area (Å²) in [5, 5.41) is 2.87. The number of rotatable bonds is 7. The predicted molar refractivity (Wildman–Crippen MR) is 109 cm³/mol. The number of aryl methyl sites for hydroxylation is 1. The van der Waals surface area contributed by atoms with Crippen LogP contribution in [0.2, 0.25) is 0 Å². The topological polar surface area (TPSA) is 93.1 Å². The average Bonchev–Trinajstić information content (AvgIpc) is 3.42. The number of halogens is 1. The van der Waals surface area contributed by atoms with E-state index in [1.54, 1.807) is 36.1 Å². The van der Waals surface area contributed by atoms with E-state index in [2.05, 4.69) is 15.0 Å². The Hall–Kier alpha value is -3.04. The molecule has 0 radical (unpaired) electrons. The zero-order valence-electron chi connectivity index (χ0n) is 16.2. The summed E-state index contributed by atoms with van der Waals surface area (Å²) in [5.41, 5.74) is 0.835. The van der Waals surface area contributed by atoms with Gasteiger partial charge < -0.3 is 9.88 Å². The number of carbonyl (C=O) groups excluding carboxylic acids is 1. The number of amides is 1. The molecule has 0 bridgehead atoms. The molecular weight excluding hydrogens is 407 g/mol. The van der Waals surface area contributed by atoms with E-state index < -0.39 is 27.8 Å². The highest BCUT2D eigenvalue weighted by atomic mass is 32.2. The molecule has 0 saturated heterocycles. The van der Waals surface area contributed by atoms with E-state index in [0.717, 1.165) is 12.8 Å². The van der Waals surface area contributed by atoms with Gasteiger partial charge in [0, 0.05) is 31.0 Å². The van der Waals surface area contributed by atoms with Crippen LogP contribution in [0.3, 0.4) is 0 Å². The number of carbonyl (C=O) groups is 1. The van der Waals surface area contributed by atoms with Gasteiger partial charge in [0.15, 0.2) is 0 Å². The van der Waals surface area contributed by atoms with Crippen LogP contribution in [0.1, 0.15) is 40.6 Å². The van der Waals surface area contributed by atoms with Gasteiger partial charge in [-0.2, -0.15) is 0 Å². The molecule has 9 heteroatoms. The third kappa shape index (κ3) is 4.42. The standard InChI is InChI=1S/C21H21FN4O3S/c1-26-12-11-23-20(26)19(15-3-2-4-16(22)13-15)24-21(27)14-5-9-18(10-6-14)30(28,29)25-17-7-8-17/h2-6,9-13,17,19,25H,7-8H2,1H3,(H,24,27). The van der Waals surface area contributed by atoms with Gasteiger partial charge in [0.1, 0.15) is 17.7 Å². The smallest absolute Gasteiger partial charge is 0.252 e. The van der Waals surface area contributed by atoms with Crippen molar-refractivity contribution in [2.24, 2.45) is 7.05 Å². The number of hydrogen-bond acceptors (Lipinski definition) is 4. The lowest BCUT2D eigenvalue weighted by molar-refractivity contribution is 0.0941. The third-order valence-electron chi connectivity index (χ3n) is 4.90. The van der Waals surface area contributed by atoms with Crippen molar-refractivity contribution in [2.75, 3.05) is 0 Å². The molecule has 1 aliphatic carbocycles. The zero-order valence-corrected chi connectivity index (χ0v) is 17.1. The number of aromatic nitrogens is 2. The minimum absolute atomic E-state index is 0.00258. The normalized spacial score (nSPS) is 15.0. The fourth-order valence-electron chi connectivity index (χ4n) is 3.13. The molecule has 30 heavy (non-hydrogen) atoms. The van der Waals surface area contributed by atoms with Crippen LogP contribution in [0.25, 0.3) is 0 Å². The summed E-state index contributed by atoms with van der Waals surface area (Å²) in [6.07, 6.45) is 5.02. The van der Waals surface area contributed by atoms with Crippen LogP contribution in [0.4, 0.5) is 4.39 Å². The number of nitrogens with zero attached hydrogens (tertiary/aromatic N) is 2. The van der Waals surface area contributed by atoms with Crippen molar-refractivity contribution >= 4 is 15.9 Å². The summed E-state index contributed by atoms with van der Waals surface area (Å²) in [4.78, 5) is 17.3. The van der Waals surface area contributed by atoms with Crippen LogP contribution < -0.4 is 10.0 Å². The molecule has 1 fully saturated rings. The first-order valence-corrected chi connectivity index (χ1v) is 11.0. The maximum absolute atomic E-state index is 13.8. The van der Waals surface area contributed by atoms with Crippen molar-refractivity contribution in [2.45, 2.75) is 29.8 Å². The molecule has 1 heterocycles.